The first kappa shape index (κ1) is 21.6. The average molecular weight is 489 g/mol. The van der Waals surface area contributed by atoms with Crippen LogP contribution in [0.15, 0.2) is 39.1 Å². The predicted octanol–water partition coefficient (Wildman–Crippen LogP) is 3.41. The number of nitrogens with two attached hydrogens (primary N) is 1. The number of rotatable bonds is 6. The first-order chi connectivity index (χ1) is 14.9. The van der Waals surface area contributed by atoms with Crippen LogP contribution in [0.2, 0.25) is 0 Å². The number of primary amides is 1. The molecule has 31 heavy (non-hydrogen) atoms. The highest BCUT2D eigenvalue weighted by molar-refractivity contribution is 9.10. The fourth-order valence-corrected chi connectivity index (χ4v) is 5.19. The summed E-state index contributed by atoms with van der Waals surface area (Å²) in [7, 11) is 0. The summed E-state index contributed by atoms with van der Waals surface area (Å²) in [6, 6.07) is 3.65. The molecule has 8 heteroatoms. The van der Waals surface area contributed by atoms with Gasteiger partial charge in [0, 0.05) is 41.3 Å². The van der Waals surface area contributed by atoms with E-state index in [1.807, 2.05) is 13.0 Å². The number of ether oxygens (including phenoxy) is 2. The summed E-state index contributed by atoms with van der Waals surface area (Å²) in [5.41, 5.74) is 9.23. The van der Waals surface area contributed by atoms with Crippen molar-refractivity contribution in [1.82, 2.24) is 5.32 Å². The number of halogens is 1. The van der Waals surface area contributed by atoms with Crippen LogP contribution in [-0.4, -0.2) is 30.7 Å². The van der Waals surface area contributed by atoms with E-state index in [4.69, 9.17) is 15.2 Å². The molecule has 3 aliphatic rings. The molecule has 0 spiro atoms. The molecule has 0 saturated heterocycles. The summed E-state index contributed by atoms with van der Waals surface area (Å²) < 4.78 is 11.9. The predicted molar refractivity (Wildman–Crippen MR) is 118 cm³/mol. The second-order valence-electron chi connectivity index (χ2n) is 7.91. The van der Waals surface area contributed by atoms with Crippen molar-refractivity contribution in [3.05, 3.63) is 44.7 Å². The standard InChI is InChI=1S/C23H25BrN2O5/c1-2-30-18-10-12(9-13(24)23(18)31-11-19(25)29)20-21-14(5-3-7-16(21)27)26-15-6-4-8-17(28)22(15)20/h9-10,20,26H,2-8,11H2,1H3,(H2,25,29). The summed E-state index contributed by atoms with van der Waals surface area (Å²) in [4.78, 5) is 37.2. The maximum atomic E-state index is 13.0. The topological polar surface area (TPSA) is 108 Å². The molecule has 4 rings (SSSR count). The summed E-state index contributed by atoms with van der Waals surface area (Å²) in [6.45, 7) is 1.95. The SMILES string of the molecule is CCOc1cc(C2C3=C(CCCC3=O)NC3=C2C(=O)CCC3)cc(Br)c1OCC(N)=O. The van der Waals surface area contributed by atoms with Crippen LogP contribution in [0.5, 0.6) is 11.5 Å². The number of nitrogens with one attached hydrogen (secondary N) is 1. The van der Waals surface area contributed by atoms with Gasteiger partial charge >= 0.3 is 0 Å². The summed E-state index contributed by atoms with van der Waals surface area (Å²) in [5, 5.41) is 3.41. The highest BCUT2D eigenvalue weighted by Crippen LogP contribution is 2.48. The van der Waals surface area contributed by atoms with E-state index in [2.05, 4.69) is 21.2 Å². The Morgan fingerprint density at radius 1 is 1.06 bits per heavy atom. The van der Waals surface area contributed by atoms with Crippen LogP contribution in [0.1, 0.15) is 56.9 Å². The van der Waals surface area contributed by atoms with Gasteiger partial charge < -0.3 is 20.5 Å². The maximum Gasteiger partial charge on any atom is 0.255 e. The van der Waals surface area contributed by atoms with E-state index in [0.29, 0.717) is 46.6 Å². The molecule has 0 bridgehead atoms. The first-order valence-corrected chi connectivity index (χ1v) is 11.4. The number of benzene rings is 1. The van der Waals surface area contributed by atoms with Gasteiger partial charge in [0.05, 0.1) is 11.1 Å². The van der Waals surface area contributed by atoms with Crippen molar-refractivity contribution in [2.75, 3.05) is 13.2 Å². The Hall–Kier alpha value is -2.61. The highest BCUT2D eigenvalue weighted by Gasteiger charge is 2.40. The monoisotopic (exact) mass is 488 g/mol. The molecule has 0 fully saturated rings. The van der Waals surface area contributed by atoms with Gasteiger partial charge in [-0.25, -0.2) is 0 Å². The van der Waals surface area contributed by atoms with Gasteiger partial charge in [-0.2, -0.15) is 0 Å². The largest absolute Gasteiger partial charge is 0.490 e. The van der Waals surface area contributed by atoms with Crippen LogP contribution in [-0.2, 0) is 14.4 Å². The number of dihydropyridines is 1. The van der Waals surface area contributed by atoms with E-state index in [1.165, 1.54) is 0 Å². The van der Waals surface area contributed by atoms with Crippen LogP contribution in [0.3, 0.4) is 0 Å². The molecule has 1 aliphatic heterocycles. The zero-order chi connectivity index (χ0) is 22.1. The molecule has 0 unspecified atom stereocenters. The van der Waals surface area contributed by atoms with Gasteiger partial charge in [-0.3, -0.25) is 14.4 Å². The Morgan fingerprint density at radius 3 is 2.23 bits per heavy atom. The number of hydrogen-bond donors (Lipinski definition) is 2. The van der Waals surface area contributed by atoms with Gasteiger partial charge in [-0.15, -0.1) is 0 Å². The van der Waals surface area contributed by atoms with Crippen molar-refractivity contribution in [3.8, 4) is 11.5 Å². The van der Waals surface area contributed by atoms with Crippen molar-refractivity contribution in [2.45, 2.75) is 51.4 Å². The number of Topliss-reactive ketones (excluding diaryl/α,β-unsaturated/α-hetero) is 2. The van der Waals surface area contributed by atoms with E-state index in [1.54, 1.807) is 6.07 Å². The van der Waals surface area contributed by atoms with Crippen LogP contribution < -0.4 is 20.5 Å². The maximum absolute atomic E-state index is 13.0. The second kappa shape index (κ2) is 8.86. The number of amides is 1. The molecule has 1 amide bonds. The second-order valence-corrected chi connectivity index (χ2v) is 8.77. The minimum absolute atomic E-state index is 0.0758. The molecule has 0 aromatic heterocycles. The molecule has 2 aliphatic carbocycles. The zero-order valence-electron chi connectivity index (χ0n) is 17.4. The Labute approximate surface area is 189 Å². The van der Waals surface area contributed by atoms with Gasteiger partial charge in [-0.1, -0.05) is 0 Å². The lowest BCUT2D eigenvalue weighted by Gasteiger charge is -2.37. The fraction of sp³-hybridized carbons (Fsp3) is 0.435. The number of ketones is 2. The smallest absolute Gasteiger partial charge is 0.255 e. The molecule has 1 aromatic rings. The van der Waals surface area contributed by atoms with Crippen LogP contribution in [0.4, 0.5) is 0 Å². The Morgan fingerprint density at radius 2 is 1.68 bits per heavy atom. The van der Waals surface area contributed by atoms with Gasteiger partial charge in [0.15, 0.2) is 29.7 Å². The quantitative estimate of drug-likeness (QED) is 0.634. The lowest BCUT2D eigenvalue weighted by molar-refractivity contribution is -0.120. The number of carbonyl (C=O) groups is 3. The van der Waals surface area contributed by atoms with Crippen LogP contribution in [0, 0.1) is 0 Å². The summed E-state index contributed by atoms with van der Waals surface area (Å²) in [5.74, 6) is -0.0812. The lowest BCUT2D eigenvalue weighted by atomic mass is 9.71. The molecule has 164 valence electrons. The zero-order valence-corrected chi connectivity index (χ0v) is 19.0. The molecule has 0 saturated carbocycles. The third kappa shape index (κ3) is 4.13. The van der Waals surface area contributed by atoms with E-state index in [9.17, 15) is 14.4 Å². The average Bonchev–Trinajstić information content (AvgIpc) is 2.72. The van der Waals surface area contributed by atoms with Crippen LogP contribution >= 0.6 is 15.9 Å². The molecule has 1 aromatic carbocycles. The van der Waals surface area contributed by atoms with Crippen LogP contribution in [0.25, 0.3) is 0 Å². The van der Waals surface area contributed by atoms with Gasteiger partial charge in [0.2, 0.25) is 0 Å². The molecule has 1 heterocycles. The normalized spacial score (nSPS) is 19.0. The lowest BCUT2D eigenvalue weighted by Crippen LogP contribution is -2.36. The Balaban J connectivity index is 1.86. The van der Waals surface area contributed by atoms with Crippen molar-refractivity contribution in [3.63, 3.8) is 0 Å². The van der Waals surface area contributed by atoms with Gasteiger partial charge in [0.25, 0.3) is 5.91 Å². The molecule has 0 atom stereocenters. The number of allylic oxidation sites excluding steroid dienone is 4. The Bertz CT molecular complexity index is 985. The fourth-order valence-electron chi connectivity index (χ4n) is 4.62. The third-order valence-corrected chi connectivity index (χ3v) is 6.40. The third-order valence-electron chi connectivity index (χ3n) is 5.82. The summed E-state index contributed by atoms with van der Waals surface area (Å²) >= 11 is 3.52. The van der Waals surface area contributed by atoms with Crippen molar-refractivity contribution < 1.29 is 23.9 Å². The Kier molecular flexibility index (Phi) is 6.18. The molecular weight excluding hydrogens is 464 g/mol. The van der Waals surface area contributed by atoms with E-state index in [-0.39, 0.29) is 18.2 Å². The van der Waals surface area contributed by atoms with Gasteiger partial charge in [-0.05, 0) is 66.2 Å². The number of hydrogen-bond acceptors (Lipinski definition) is 6. The van der Waals surface area contributed by atoms with E-state index >= 15 is 0 Å². The summed E-state index contributed by atoms with van der Waals surface area (Å²) in [6.07, 6.45) is 4.16. The van der Waals surface area contributed by atoms with Crippen molar-refractivity contribution >= 4 is 33.4 Å². The number of carbonyl (C=O) groups excluding carboxylic acids is 3. The molecular formula is C23H25BrN2O5. The minimum Gasteiger partial charge on any atom is -0.490 e. The van der Waals surface area contributed by atoms with E-state index in [0.717, 1.165) is 42.6 Å². The minimum atomic E-state index is -0.595. The highest BCUT2D eigenvalue weighted by atomic mass is 79.9. The molecule has 0 radical (unpaired) electrons. The van der Waals surface area contributed by atoms with Crippen molar-refractivity contribution in [2.24, 2.45) is 5.73 Å². The molecule has 7 nitrogen and oxygen atoms in total. The van der Waals surface area contributed by atoms with E-state index < -0.39 is 11.8 Å². The van der Waals surface area contributed by atoms with Gasteiger partial charge in [0.1, 0.15) is 0 Å². The molecule has 3 N–H and O–H groups in total. The first-order valence-electron chi connectivity index (χ1n) is 10.6. The van der Waals surface area contributed by atoms with Crippen molar-refractivity contribution in [1.29, 1.82) is 0 Å².